The van der Waals surface area contributed by atoms with Crippen molar-refractivity contribution in [1.29, 1.82) is 0 Å². The van der Waals surface area contributed by atoms with Gasteiger partial charge < -0.3 is 0 Å². The average molecular weight is 221 g/mol. The van der Waals surface area contributed by atoms with E-state index < -0.39 is 32.9 Å². The van der Waals surface area contributed by atoms with E-state index in [2.05, 4.69) is 0 Å². The van der Waals surface area contributed by atoms with Gasteiger partial charge in [-0.25, -0.2) is 0 Å². The van der Waals surface area contributed by atoms with E-state index in [0.717, 1.165) is 0 Å². The molecule has 7 heavy (non-hydrogen) atoms. The molecule has 0 amide bonds. The number of halogens is 4. The molecule has 0 heterocycles. The van der Waals surface area contributed by atoms with Gasteiger partial charge in [-0.3, -0.25) is 0 Å². The van der Waals surface area contributed by atoms with Crippen molar-refractivity contribution in [3.05, 3.63) is 0 Å². The monoisotopic (exact) mass is 222 g/mol. The van der Waals surface area contributed by atoms with Crippen molar-refractivity contribution in [2.24, 2.45) is 0 Å². The molecule has 0 aliphatic heterocycles. The molecule has 0 aliphatic rings. The van der Waals surface area contributed by atoms with Gasteiger partial charge in [-0.05, 0) is 0 Å². The Hall–Kier alpha value is 0.519. The molecule has 0 aromatic rings. The van der Waals surface area contributed by atoms with Crippen LogP contribution in [-0.2, 0) is 0 Å². The van der Waals surface area contributed by atoms with E-state index >= 15 is 0 Å². The SMILES string of the molecule is FC(F)[C](F)(F)[SnH]. The second-order valence-corrected chi connectivity index (χ2v) is 3.17. The van der Waals surface area contributed by atoms with Gasteiger partial charge in [0, 0.05) is 0 Å². The van der Waals surface area contributed by atoms with Gasteiger partial charge in [0.05, 0.1) is 0 Å². The first-order valence-corrected chi connectivity index (χ1v) is 3.04. The summed E-state index contributed by atoms with van der Waals surface area (Å²) in [7, 11) is 0. The topological polar surface area (TPSA) is 0 Å². The number of hydrogen-bond donors (Lipinski definition) is 0. The molecule has 0 fully saturated rings. The third-order valence-electron chi connectivity index (χ3n) is 0.291. The fourth-order valence-electron chi connectivity index (χ4n) is 0. The number of alkyl halides is 4. The van der Waals surface area contributed by atoms with Crippen LogP contribution in [0, 0.1) is 0 Å². The Morgan fingerprint density at radius 1 is 1.29 bits per heavy atom. The van der Waals surface area contributed by atoms with Gasteiger partial charge in [0.1, 0.15) is 0 Å². The number of hydrogen-bond acceptors (Lipinski definition) is 0. The minimum atomic E-state index is -3.70. The van der Waals surface area contributed by atoms with E-state index in [1.54, 1.807) is 0 Å². The Morgan fingerprint density at radius 2 is 1.43 bits per heavy atom. The zero-order valence-corrected chi connectivity index (χ0v) is 6.46. The number of rotatable bonds is 1. The van der Waals surface area contributed by atoms with Crippen LogP contribution in [0.15, 0.2) is 0 Å². The first-order valence-electron chi connectivity index (χ1n) is 1.39. The van der Waals surface area contributed by atoms with Crippen LogP contribution in [0.4, 0.5) is 17.6 Å². The quantitative estimate of drug-likeness (QED) is 0.452. The van der Waals surface area contributed by atoms with Crippen LogP contribution in [-0.4, -0.2) is 32.9 Å². The second-order valence-electron chi connectivity index (χ2n) is 0.975. The maximum atomic E-state index is 11.2. The molecule has 0 saturated carbocycles. The van der Waals surface area contributed by atoms with E-state index in [-0.39, 0.29) is 0 Å². The summed E-state index contributed by atoms with van der Waals surface area (Å²) in [5.74, 6) is 0. The van der Waals surface area contributed by atoms with Crippen molar-refractivity contribution in [3.8, 4) is 0 Å². The van der Waals surface area contributed by atoms with Gasteiger partial charge in [0.2, 0.25) is 0 Å². The van der Waals surface area contributed by atoms with Gasteiger partial charge >= 0.3 is 50.5 Å². The molecule has 2 radical (unpaired) electrons. The molecular formula is C2H2F4Sn. The Bertz CT molecular complexity index is 55.2. The summed E-state index contributed by atoms with van der Waals surface area (Å²) in [6.45, 7) is 0. The molecule has 0 atom stereocenters. The van der Waals surface area contributed by atoms with Crippen LogP contribution < -0.4 is 0 Å². The van der Waals surface area contributed by atoms with E-state index in [1.165, 1.54) is 0 Å². The van der Waals surface area contributed by atoms with Gasteiger partial charge in [-0.2, -0.15) is 0 Å². The van der Waals surface area contributed by atoms with Crippen molar-refractivity contribution < 1.29 is 17.6 Å². The standard InChI is InChI=1S/C2HF4.Sn.H/c3-1(4)2(5)6;;/h1H;;. The normalized spacial score (nSPS) is 12.9. The van der Waals surface area contributed by atoms with Crippen LogP contribution in [0.1, 0.15) is 0 Å². The summed E-state index contributed by atoms with van der Waals surface area (Å²) in [4.78, 5) is 0. The van der Waals surface area contributed by atoms with Crippen molar-refractivity contribution in [2.45, 2.75) is 10.4 Å². The maximum absolute atomic E-state index is 11.2. The Labute approximate surface area is 51.0 Å². The average Bonchev–Trinajstić information content (AvgIpc) is 1.31. The molecule has 0 N–H and O–H groups in total. The summed E-state index contributed by atoms with van der Waals surface area (Å²) in [5, 5.41) is 0. The van der Waals surface area contributed by atoms with Crippen LogP contribution >= 0.6 is 0 Å². The zero-order chi connectivity index (χ0) is 6.08. The van der Waals surface area contributed by atoms with Gasteiger partial charge in [-0.1, -0.05) is 0 Å². The molecule has 0 saturated heterocycles. The third-order valence-corrected chi connectivity index (χ3v) is 1.01. The summed E-state index contributed by atoms with van der Waals surface area (Å²) in [5.41, 5.74) is 0. The summed E-state index contributed by atoms with van der Waals surface area (Å²) in [6.07, 6.45) is -3.48. The summed E-state index contributed by atoms with van der Waals surface area (Å²) >= 11 is -0.710. The van der Waals surface area contributed by atoms with Gasteiger partial charge in [0.25, 0.3) is 0 Å². The zero-order valence-electron chi connectivity index (χ0n) is 3.17. The van der Waals surface area contributed by atoms with Crippen molar-refractivity contribution >= 4 is 22.5 Å². The predicted octanol–water partition coefficient (Wildman–Crippen LogP) is 0.745. The summed E-state index contributed by atoms with van der Waals surface area (Å²) in [6, 6.07) is 0. The van der Waals surface area contributed by atoms with Gasteiger partial charge in [-0.15, -0.1) is 0 Å². The first kappa shape index (κ1) is 7.52. The molecule has 0 aromatic carbocycles. The van der Waals surface area contributed by atoms with E-state index in [4.69, 9.17) is 0 Å². The van der Waals surface area contributed by atoms with Crippen LogP contribution in [0.3, 0.4) is 0 Å². The Kier molecular flexibility index (Phi) is 2.35. The van der Waals surface area contributed by atoms with E-state index in [0.29, 0.717) is 0 Å². The molecule has 42 valence electrons. The van der Waals surface area contributed by atoms with Crippen molar-refractivity contribution in [3.63, 3.8) is 0 Å². The van der Waals surface area contributed by atoms with Crippen LogP contribution in [0.2, 0.25) is 0 Å². The van der Waals surface area contributed by atoms with Crippen molar-refractivity contribution in [1.82, 2.24) is 0 Å². The molecule has 0 rings (SSSR count). The molecule has 0 aromatic heterocycles. The second kappa shape index (κ2) is 2.19. The van der Waals surface area contributed by atoms with E-state index in [1.807, 2.05) is 0 Å². The van der Waals surface area contributed by atoms with Crippen LogP contribution in [0.5, 0.6) is 0 Å². The first-order chi connectivity index (χ1) is 2.94. The van der Waals surface area contributed by atoms with Gasteiger partial charge in [0.15, 0.2) is 0 Å². The minimum absolute atomic E-state index is 0.710. The van der Waals surface area contributed by atoms with E-state index in [9.17, 15) is 17.6 Å². The fourth-order valence-corrected chi connectivity index (χ4v) is 0. The fraction of sp³-hybridized carbons (Fsp3) is 1.00. The molecular weight excluding hydrogens is 219 g/mol. The Balaban J connectivity index is 3.54. The van der Waals surface area contributed by atoms with Crippen molar-refractivity contribution in [2.75, 3.05) is 0 Å². The molecule has 5 heteroatoms. The third kappa shape index (κ3) is 3.13. The van der Waals surface area contributed by atoms with Crippen LogP contribution in [0.25, 0.3) is 0 Å². The molecule has 0 aliphatic carbocycles. The predicted molar refractivity (Wildman–Crippen MR) is 18.1 cm³/mol. The molecule has 0 nitrogen and oxygen atoms in total. The summed E-state index contributed by atoms with van der Waals surface area (Å²) < 4.78 is 40.3. The Morgan fingerprint density at radius 3 is 1.43 bits per heavy atom. The molecule has 0 unspecified atom stereocenters. The molecule has 0 spiro atoms. The molecule has 0 bridgehead atoms.